The standard InChI is InChI=1S/C7H13N.C5H10O/c1-6(2)7(3,4)5-8;1-2-3-4-5-6/h6H,1-4H3;2-3,6H,4-5H2,1H3/b;3-2-. The van der Waals surface area contributed by atoms with E-state index in [4.69, 9.17) is 10.4 Å². The van der Waals surface area contributed by atoms with E-state index in [9.17, 15) is 0 Å². The van der Waals surface area contributed by atoms with E-state index in [1.807, 2.05) is 32.9 Å². The fourth-order valence-corrected chi connectivity index (χ4v) is 0.370. The maximum absolute atomic E-state index is 8.51. The third-order valence-electron chi connectivity index (χ3n) is 2.26. The summed E-state index contributed by atoms with van der Waals surface area (Å²) in [6.07, 6.45) is 4.65. The van der Waals surface area contributed by atoms with Crippen LogP contribution >= 0.6 is 0 Å². The van der Waals surface area contributed by atoms with E-state index in [0.717, 1.165) is 6.42 Å². The van der Waals surface area contributed by atoms with Crippen molar-refractivity contribution in [2.45, 2.75) is 41.0 Å². The molecule has 0 atom stereocenters. The van der Waals surface area contributed by atoms with E-state index in [-0.39, 0.29) is 12.0 Å². The van der Waals surface area contributed by atoms with Crippen molar-refractivity contribution in [2.75, 3.05) is 6.61 Å². The Hall–Kier alpha value is -0.810. The molecule has 0 saturated carbocycles. The summed E-state index contributed by atoms with van der Waals surface area (Å²) in [4.78, 5) is 0. The summed E-state index contributed by atoms with van der Waals surface area (Å²) in [7, 11) is 0. The minimum Gasteiger partial charge on any atom is -0.396 e. The Kier molecular flexibility index (Phi) is 9.81. The van der Waals surface area contributed by atoms with Crippen LogP contribution in [0.4, 0.5) is 0 Å². The molecule has 0 rings (SSSR count). The van der Waals surface area contributed by atoms with Crippen molar-refractivity contribution in [1.82, 2.24) is 0 Å². The lowest BCUT2D eigenvalue weighted by Crippen LogP contribution is -2.15. The highest BCUT2D eigenvalue weighted by Gasteiger charge is 2.20. The van der Waals surface area contributed by atoms with Gasteiger partial charge in [-0.05, 0) is 33.1 Å². The first kappa shape index (κ1) is 15.7. The average molecular weight is 197 g/mol. The number of rotatable bonds is 3. The fraction of sp³-hybridized carbons (Fsp3) is 0.750. The second-order valence-electron chi connectivity index (χ2n) is 4.07. The van der Waals surface area contributed by atoms with Crippen LogP contribution in [0.1, 0.15) is 41.0 Å². The smallest absolute Gasteiger partial charge is 0.0686 e. The SMILES string of the molecule is C/C=C\CCO.CC(C)C(C)(C)C#N. The molecule has 2 nitrogen and oxygen atoms in total. The van der Waals surface area contributed by atoms with Gasteiger partial charge in [-0.2, -0.15) is 5.26 Å². The third kappa shape index (κ3) is 9.28. The van der Waals surface area contributed by atoms with Gasteiger partial charge in [-0.3, -0.25) is 0 Å². The van der Waals surface area contributed by atoms with Crippen molar-refractivity contribution in [3.63, 3.8) is 0 Å². The predicted octanol–water partition coefficient (Wildman–Crippen LogP) is 3.14. The summed E-state index contributed by atoms with van der Waals surface area (Å²) < 4.78 is 0. The van der Waals surface area contributed by atoms with Crippen molar-refractivity contribution in [3.05, 3.63) is 12.2 Å². The van der Waals surface area contributed by atoms with E-state index in [1.54, 1.807) is 0 Å². The summed E-state index contributed by atoms with van der Waals surface area (Å²) in [6, 6.07) is 2.24. The summed E-state index contributed by atoms with van der Waals surface area (Å²) in [5.41, 5.74) is -0.153. The largest absolute Gasteiger partial charge is 0.396 e. The summed E-state index contributed by atoms with van der Waals surface area (Å²) >= 11 is 0. The van der Waals surface area contributed by atoms with Crippen LogP contribution in [0.25, 0.3) is 0 Å². The highest BCUT2D eigenvalue weighted by Crippen LogP contribution is 2.23. The molecule has 0 fully saturated rings. The monoisotopic (exact) mass is 197 g/mol. The van der Waals surface area contributed by atoms with Crippen LogP contribution in [0.5, 0.6) is 0 Å². The van der Waals surface area contributed by atoms with Crippen LogP contribution in [-0.4, -0.2) is 11.7 Å². The van der Waals surface area contributed by atoms with Crippen molar-refractivity contribution >= 4 is 0 Å². The van der Waals surface area contributed by atoms with Crippen LogP contribution < -0.4 is 0 Å². The van der Waals surface area contributed by atoms with Crippen LogP contribution in [0.15, 0.2) is 12.2 Å². The molecule has 0 aliphatic carbocycles. The molecule has 14 heavy (non-hydrogen) atoms. The van der Waals surface area contributed by atoms with E-state index >= 15 is 0 Å². The zero-order valence-electron chi connectivity index (χ0n) is 10.0. The van der Waals surface area contributed by atoms with Gasteiger partial charge in [-0.15, -0.1) is 0 Å². The molecule has 0 heterocycles. The zero-order chi connectivity index (χ0) is 11.6. The highest BCUT2D eigenvalue weighted by atomic mass is 16.2. The van der Waals surface area contributed by atoms with Gasteiger partial charge in [0.2, 0.25) is 0 Å². The molecular weight excluding hydrogens is 174 g/mol. The zero-order valence-corrected chi connectivity index (χ0v) is 10.0. The van der Waals surface area contributed by atoms with Gasteiger partial charge >= 0.3 is 0 Å². The van der Waals surface area contributed by atoms with Crippen LogP contribution in [0, 0.1) is 22.7 Å². The third-order valence-corrected chi connectivity index (χ3v) is 2.26. The van der Waals surface area contributed by atoms with Crippen molar-refractivity contribution < 1.29 is 5.11 Å². The lowest BCUT2D eigenvalue weighted by molar-refractivity contribution is 0.302. The summed E-state index contributed by atoms with van der Waals surface area (Å²) in [5.74, 6) is 0.451. The Morgan fingerprint density at radius 1 is 1.43 bits per heavy atom. The molecule has 0 unspecified atom stereocenters. The lowest BCUT2D eigenvalue weighted by Gasteiger charge is -2.18. The first-order chi connectivity index (χ1) is 6.42. The first-order valence-corrected chi connectivity index (χ1v) is 5.05. The Morgan fingerprint density at radius 3 is 2.00 bits per heavy atom. The molecule has 0 amide bonds. The van der Waals surface area contributed by atoms with Gasteiger partial charge in [0.1, 0.15) is 0 Å². The van der Waals surface area contributed by atoms with Crippen molar-refractivity contribution in [3.8, 4) is 6.07 Å². The number of hydrogen-bond donors (Lipinski definition) is 1. The summed E-state index contributed by atoms with van der Waals surface area (Å²) in [6.45, 7) is 10.2. The molecule has 0 aliphatic rings. The number of hydrogen-bond acceptors (Lipinski definition) is 2. The molecule has 0 aromatic heterocycles. The van der Waals surface area contributed by atoms with E-state index in [2.05, 4.69) is 19.9 Å². The van der Waals surface area contributed by atoms with Crippen LogP contribution in [-0.2, 0) is 0 Å². The molecule has 0 aliphatic heterocycles. The Bertz CT molecular complexity index is 187. The van der Waals surface area contributed by atoms with Gasteiger partial charge in [0, 0.05) is 6.61 Å². The van der Waals surface area contributed by atoms with E-state index in [0.29, 0.717) is 5.92 Å². The average Bonchev–Trinajstić information content (AvgIpc) is 2.15. The predicted molar refractivity (Wildman–Crippen MR) is 60.7 cm³/mol. The van der Waals surface area contributed by atoms with E-state index < -0.39 is 0 Å². The van der Waals surface area contributed by atoms with Gasteiger partial charge in [-0.25, -0.2) is 0 Å². The molecule has 0 saturated heterocycles. The molecule has 0 bridgehead atoms. The van der Waals surface area contributed by atoms with Gasteiger partial charge in [0.05, 0.1) is 11.5 Å². The number of nitrogens with zero attached hydrogens (tertiary/aromatic N) is 1. The number of nitriles is 1. The van der Waals surface area contributed by atoms with Gasteiger partial charge < -0.3 is 5.11 Å². The summed E-state index contributed by atoms with van der Waals surface area (Å²) in [5, 5.41) is 16.7. The lowest BCUT2D eigenvalue weighted by atomic mass is 9.83. The van der Waals surface area contributed by atoms with Gasteiger partial charge in [0.15, 0.2) is 0 Å². The first-order valence-electron chi connectivity index (χ1n) is 5.05. The highest BCUT2D eigenvalue weighted by molar-refractivity contribution is 4.93. The number of aliphatic hydroxyl groups excluding tert-OH is 1. The second-order valence-corrected chi connectivity index (χ2v) is 4.07. The Balaban J connectivity index is 0. The Morgan fingerprint density at radius 2 is 1.93 bits per heavy atom. The quantitative estimate of drug-likeness (QED) is 0.706. The molecule has 0 radical (unpaired) electrons. The van der Waals surface area contributed by atoms with Crippen LogP contribution in [0.2, 0.25) is 0 Å². The number of aliphatic hydroxyl groups is 1. The van der Waals surface area contributed by atoms with Crippen LogP contribution in [0.3, 0.4) is 0 Å². The minimum absolute atomic E-state index is 0.153. The molecule has 0 spiro atoms. The maximum atomic E-state index is 8.51. The normalized spacial score (nSPS) is 11.0. The van der Waals surface area contributed by atoms with Gasteiger partial charge in [0.25, 0.3) is 0 Å². The molecule has 2 heteroatoms. The minimum atomic E-state index is -0.153. The van der Waals surface area contributed by atoms with Crippen molar-refractivity contribution in [2.24, 2.45) is 11.3 Å². The molecule has 0 aromatic rings. The molecular formula is C12H23NO. The van der Waals surface area contributed by atoms with Crippen molar-refractivity contribution in [1.29, 1.82) is 5.26 Å². The topological polar surface area (TPSA) is 44.0 Å². The van der Waals surface area contributed by atoms with E-state index in [1.165, 1.54) is 0 Å². The molecule has 0 aromatic carbocycles. The molecule has 1 N–H and O–H groups in total. The molecule has 82 valence electrons. The number of allylic oxidation sites excluding steroid dienone is 1. The Labute approximate surface area is 88.3 Å². The fourth-order valence-electron chi connectivity index (χ4n) is 0.370. The second kappa shape index (κ2) is 8.77. The maximum Gasteiger partial charge on any atom is 0.0686 e. The van der Waals surface area contributed by atoms with Gasteiger partial charge in [-0.1, -0.05) is 26.0 Å².